The Morgan fingerprint density at radius 1 is 1.42 bits per heavy atom. The third-order valence-electron chi connectivity index (χ3n) is 1.87. The smallest absolute Gasteiger partial charge is 0.0995 e. The minimum Gasteiger partial charge on any atom is -0.377 e. The van der Waals surface area contributed by atoms with E-state index < -0.39 is 0 Å². The second kappa shape index (κ2) is 3.89. The highest BCUT2D eigenvalue weighted by Crippen LogP contribution is 2.18. The van der Waals surface area contributed by atoms with E-state index in [2.05, 4.69) is 6.07 Å². The minimum atomic E-state index is -0.0131. The normalized spacial score (nSPS) is 12.1. The number of rotatable bonds is 2. The number of hydrogen-bond donors (Lipinski definition) is 0. The van der Waals surface area contributed by atoms with E-state index in [9.17, 15) is 0 Å². The highest BCUT2D eigenvalue weighted by atomic mass is 16.5. The van der Waals surface area contributed by atoms with Gasteiger partial charge in [0.1, 0.15) is 0 Å². The fourth-order valence-electron chi connectivity index (χ4n) is 1.08. The molecule has 0 aliphatic carbocycles. The summed E-state index contributed by atoms with van der Waals surface area (Å²) in [5, 5.41) is 8.76. The van der Waals surface area contributed by atoms with Crippen LogP contribution >= 0.6 is 0 Å². The molecule has 0 amide bonds. The Morgan fingerprint density at radius 3 is 2.67 bits per heavy atom. The number of nitriles is 1. The summed E-state index contributed by atoms with van der Waals surface area (Å²) < 4.78 is 5.13. The molecule has 0 heterocycles. The summed E-state index contributed by atoms with van der Waals surface area (Å²) in [4.78, 5) is 0. The van der Waals surface area contributed by atoms with Gasteiger partial charge >= 0.3 is 0 Å². The fourth-order valence-corrected chi connectivity index (χ4v) is 1.08. The molecule has 1 aromatic carbocycles. The van der Waals surface area contributed by atoms with Crippen LogP contribution in [0.3, 0.4) is 0 Å². The van der Waals surface area contributed by atoms with Gasteiger partial charge in [-0.05, 0) is 18.6 Å². The average Bonchev–Trinajstić information content (AvgIpc) is 2.16. The van der Waals surface area contributed by atoms with Gasteiger partial charge in [-0.2, -0.15) is 5.26 Å². The molecular formula is C10H11NO. The first-order valence-electron chi connectivity index (χ1n) is 3.81. The molecule has 0 fully saturated rings. The van der Waals surface area contributed by atoms with Crippen molar-refractivity contribution in [1.82, 2.24) is 0 Å². The van der Waals surface area contributed by atoms with Gasteiger partial charge in [-0.15, -0.1) is 0 Å². The van der Waals surface area contributed by atoms with E-state index >= 15 is 0 Å². The zero-order valence-electron chi connectivity index (χ0n) is 7.24. The summed E-state index contributed by atoms with van der Waals surface area (Å²) in [5.41, 5.74) is 1.63. The monoisotopic (exact) mass is 161 g/mol. The number of hydrogen-bond acceptors (Lipinski definition) is 2. The number of nitrogens with zero attached hydrogens (tertiary/aromatic N) is 1. The summed E-state index contributed by atoms with van der Waals surface area (Å²) in [6.07, 6.45) is -0.0131. The molecule has 1 atom stereocenters. The van der Waals surface area contributed by atoms with E-state index in [0.717, 1.165) is 5.56 Å². The first kappa shape index (κ1) is 8.76. The van der Waals surface area contributed by atoms with Crippen molar-refractivity contribution in [3.8, 4) is 6.07 Å². The van der Waals surface area contributed by atoms with E-state index in [1.54, 1.807) is 13.2 Å². The van der Waals surface area contributed by atoms with Crippen molar-refractivity contribution < 1.29 is 4.74 Å². The first-order valence-corrected chi connectivity index (χ1v) is 3.81. The highest BCUT2D eigenvalue weighted by Gasteiger charge is 2.07. The molecule has 2 nitrogen and oxygen atoms in total. The van der Waals surface area contributed by atoms with Crippen LogP contribution in [-0.2, 0) is 4.74 Å². The molecule has 0 aliphatic rings. The van der Waals surface area contributed by atoms with Crippen LogP contribution in [0, 0.1) is 11.3 Å². The molecule has 1 rings (SSSR count). The molecule has 0 saturated carbocycles. The van der Waals surface area contributed by atoms with Crippen molar-refractivity contribution in [3.63, 3.8) is 0 Å². The molecule has 0 radical (unpaired) electrons. The van der Waals surface area contributed by atoms with Gasteiger partial charge in [-0.25, -0.2) is 0 Å². The van der Waals surface area contributed by atoms with Gasteiger partial charge < -0.3 is 4.74 Å². The van der Waals surface area contributed by atoms with Crippen LogP contribution in [0.1, 0.15) is 24.2 Å². The van der Waals surface area contributed by atoms with Crippen LogP contribution in [0.25, 0.3) is 0 Å². The maximum Gasteiger partial charge on any atom is 0.0995 e. The first-order chi connectivity index (χ1) is 5.79. The Morgan fingerprint density at radius 2 is 2.08 bits per heavy atom. The van der Waals surface area contributed by atoms with Crippen molar-refractivity contribution in [3.05, 3.63) is 35.4 Å². The second-order valence-corrected chi connectivity index (χ2v) is 2.58. The highest BCUT2D eigenvalue weighted by molar-refractivity contribution is 5.38. The maximum atomic E-state index is 8.76. The Hall–Kier alpha value is -1.33. The number of ether oxygens (including phenoxy) is 1. The van der Waals surface area contributed by atoms with E-state index in [1.165, 1.54) is 0 Å². The van der Waals surface area contributed by atoms with E-state index in [1.807, 2.05) is 25.1 Å². The Kier molecular flexibility index (Phi) is 2.84. The largest absolute Gasteiger partial charge is 0.377 e. The molecule has 2 heteroatoms. The Labute approximate surface area is 72.4 Å². The van der Waals surface area contributed by atoms with Gasteiger partial charge in [0.15, 0.2) is 0 Å². The van der Waals surface area contributed by atoms with Crippen molar-refractivity contribution in [1.29, 1.82) is 5.26 Å². The zero-order chi connectivity index (χ0) is 8.97. The quantitative estimate of drug-likeness (QED) is 0.666. The third kappa shape index (κ3) is 1.63. The molecule has 1 aromatic rings. The fraction of sp³-hybridized carbons (Fsp3) is 0.300. The van der Waals surface area contributed by atoms with E-state index in [-0.39, 0.29) is 6.10 Å². The second-order valence-electron chi connectivity index (χ2n) is 2.58. The average molecular weight is 161 g/mol. The molecular weight excluding hydrogens is 150 g/mol. The van der Waals surface area contributed by atoms with Gasteiger partial charge in [-0.1, -0.05) is 18.2 Å². The number of benzene rings is 1. The summed E-state index contributed by atoms with van der Waals surface area (Å²) in [5.74, 6) is 0. The molecule has 0 saturated heterocycles. The van der Waals surface area contributed by atoms with Gasteiger partial charge in [0.05, 0.1) is 17.7 Å². The molecule has 62 valence electrons. The SMILES string of the molecule is COC(C)c1ccccc1C#N. The lowest BCUT2D eigenvalue weighted by molar-refractivity contribution is 0.119. The van der Waals surface area contributed by atoms with Crippen molar-refractivity contribution in [2.24, 2.45) is 0 Å². The lowest BCUT2D eigenvalue weighted by atomic mass is 10.0. The predicted octanol–water partition coefficient (Wildman–Crippen LogP) is 2.27. The van der Waals surface area contributed by atoms with E-state index in [0.29, 0.717) is 5.56 Å². The van der Waals surface area contributed by atoms with Crippen LogP contribution in [-0.4, -0.2) is 7.11 Å². The van der Waals surface area contributed by atoms with Crippen molar-refractivity contribution in [2.75, 3.05) is 7.11 Å². The summed E-state index contributed by atoms with van der Waals surface area (Å²) in [6.45, 7) is 1.93. The van der Waals surface area contributed by atoms with Crippen LogP contribution in [0.4, 0.5) is 0 Å². The topological polar surface area (TPSA) is 33.0 Å². The molecule has 0 N–H and O–H groups in total. The molecule has 0 aromatic heterocycles. The minimum absolute atomic E-state index is 0.0131. The van der Waals surface area contributed by atoms with Crippen LogP contribution in [0.15, 0.2) is 24.3 Å². The van der Waals surface area contributed by atoms with E-state index in [4.69, 9.17) is 10.00 Å². The summed E-state index contributed by atoms with van der Waals surface area (Å²) >= 11 is 0. The van der Waals surface area contributed by atoms with Gasteiger partial charge in [0, 0.05) is 7.11 Å². The predicted molar refractivity (Wildman–Crippen MR) is 46.6 cm³/mol. The number of methoxy groups -OCH3 is 1. The third-order valence-corrected chi connectivity index (χ3v) is 1.87. The Bertz CT molecular complexity index is 301. The van der Waals surface area contributed by atoms with Crippen LogP contribution in [0.2, 0.25) is 0 Å². The molecule has 0 bridgehead atoms. The maximum absolute atomic E-state index is 8.76. The van der Waals surface area contributed by atoms with Gasteiger partial charge in [0.2, 0.25) is 0 Å². The molecule has 0 aliphatic heterocycles. The lowest BCUT2D eigenvalue weighted by Crippen LogP contribution is -1.98. The van der Waals surface area contributed by atoms with Crippen LogP contribution < -0.4 is 0 Å². The van der Waals surface area contributed by atoms with Crippen molar-refractivity contribution in [2.45, 2.75) is 13.0 Å². The lowest BCUT2D eigenvalue weighted by Gasteiger charge is -2.10. The standard InChI is InChI=1S/C10H11NO/c1-8(12-2)10-6-4-3-5-9(10)7-11/h3-6,8H,1-2H3. The van der Waals surface area contributed by atoms with Gasteiger partial charge in [0.25, 0.3) is 0 Å². The Balaban J connectivity index is 3.07. The molecule has 12 heavy (non-hydrogen) atoms. The summed E-state index contributed by atoms with van der Waals surface area (Å²) in [6, 6.07) is 9.60. The molecule has 0 spiro atoms. The zero-order valence-corrected chi connectivity index (χ0v) is 7.24. The molecule has 1 unspecified atom stereocenters. The van der Waals surface area contributed by atoms with Crippen molar-refractivity contribution >= 4 is 0 Å². The summed E-state index contributed by atoms with van der Waals surface area (Å²) in [7, 11) is 1.64. The van der Waals surface area contributed by atoms with Gasteiger partial charge in [-0.3, -0.25) is 0 Å². The van der Waals surface area contributed by atoms with Crippen LogP contribution in [0.5, 0.6) is 0 Å².